The molecule has 6 nitrogen and oxygen atoms in total. The van der Waals surface area contributed by atoms with Crippen LogP contribution in [0.3, 0.4) is 0 Å². The Morgan fingerprint density at radius 1 is 1.45 bits per heavy atom. The molecule has 20 heavy (non-hydrogen) atoms. The van der Waals surface area contributed by atoms with Gasteiger partial charge in [0, 0.05) is 11.9 Å². The highest BCUT2D eigenvalue weighted by Gasteiger charge is 2.31. The topological polar surface area (TPSA) is 64.6 Å². The van der Waals surface area contributed by atoms with Gasteiger partial charge in [0.25, 0.3) is 0 Å². The first-order chi connectivity index (χ1) is 9.81. The number of aromatic nitrogens is 2. The Kier molecular flexibility index (Phi) is 3.47. The fourth-order valence-electron chi connectivity index (χ4n) is 2.44. The number of hydrogen-bond donors (Lipinski definition) is 0. The van der Waals surface area contributed by atoms with Gasteiger partial charge in [-0.25, -0.2) is 4.79 Å². The predicted octanol–water partition coefficient (Wildman–Crippen LogP) is 1.01. The molecule has 0 radical (unpaired) electrons. The van der Waals surface area contributed by atoms with Crippen LogP contribution in [-0.4, -0.2) is 49.1 Å². The summed E-state index contributed by atoms with van der Waals surface area (Å²) in [4.78, 5) is 13.9. The Hall–Kier alpha value is -2.21. The van der Waals surface area contributed by atoms with Crippen LogP contribution in [0, 0.1) is 0 Å². The normalized spacial score (nSPS) is 19.1. The molecule has 2 aromatic rings. The molecular weight excluding hydrogens is 258 g/mol. The van der Waals surface area contributed by atoms with Crippen molar-refractivity contribution in [3.05, 3.63) is 30.5 Å². The molecule has 1 atom stereocenters. The first-order valence-electron chi connectivity index (χ1n) is 6.44. The second-order valence-electron chi connectivity index (χ2n) is 4.55. The maximum Gasteiger partial charge on any atom is 0.330 e. The Labute approximate surface area is 116 Å². The molecule has 1 aliphatic rings. The highest BCUT2D eigenvalue weighted by atomic mass is 16.5. The molecule has 0 saturated carbocycles. The highest BCUT2D eigenvalue weighted by molar-refractivity contribution is 5.93. The zero-order valence-electron chi connectivity index (χ0n) is 11.2. The van der Waals surface area contributed by atoms with Gasteiger partial charge in [0.05, 0.1) is 37.7 Å². The van der Waals surface area contributed by atoms with Gasteiger partial charge in [-0.1, -0.05) is 18.2 Å². The van der Waals surface area contributed by atoms with Crippen LogP contribution < -0.4 is 4.90 Å². The van der Waals surface area contributed by atoms with E-state index < -0.39 is 6.04 Å². The Morgan fingerprint density at radius 2 is 2.30 bits per heavy atom. The average Bonchev–Trinajstić information content (AvgIpc) is 2.53. The lowest BCUT2D eigenvalue weighted by Crippen LogP contribution is -2.50. The van der Waals surface area contributed by atoms with E-state index in [1.165, 1.54) is 7.11 Å². The summed E-state index contributed by atoms with van der Waals surface area (Å²) in [6.45, 7) is 1.52. The second-order valence-corrected chi connectivity index (χ2v) is 4.55. The van der Waals surface area contributed by atoms with Crippen LogP contribution in [0.4, 0.5) is 5.69 Å². The van der Waals surface area contributed by atoms with Crippen LogP contribution in [0.2, 0.25) is 0 Å². The summed E-state index contributed by atoms with van der Waals surface area (Å²) in [5.41, 5.74) is 1.69. The molecule has 1 fully saturated rings. The van der Waals surface area contributed by atoms with Gasteiger partial charge in [-0.2, -0.15) is 10.2 Å². The van der Waals surface area contributed by atoms with Crippen molar-refractivity contribution in [2.75, 3.05) is 31.8 Å². The molecule has 3 rings (SSSR count). The molecule has 1 aromatic heterocycles. The summed E-state index contributed by atoms with van der Waals surface area (Å²) < 4.78 is 10.2. The molecule has 0 N–H and O–H groups in total. The fourth-order valence-corrected chi connectivity index (χ4v) is 2.44. The number of benzene rings is 1. The standard InChI is InChI=1S/C14H15N3O3/c1-19-14(18)13-9-20-7-6-17(13)12-8-15-16-11-5-3-2-4-10(11)12/h2-5,8,13H,6-7,9H2,1H3. The molecule has 1 saturated heterocycles. The van der Waals surface area contributed by atoms with Crippen LogP contribution in [0.1, 0.15) is 0 Å². The van der Waals surface area contributed by atoms with Crippen molar-refractivity contribution in [3.63, 3.8) is 0 Å². The van der Waals surface area contributed by atoms with Crippen molar-refractivity contribution >= 4 is 22.6 Å². The van der Waals surface area contributed by atoms with Crippen LogP contribution in [-0.2, 0) is 14.3 Å². The van der Waals surface area contributed by atoms with Crippen molar-refractivity contribution in [3.8, 4) is 0 Å². The van der Waals surface area contributed by atoms with Crippen molar-refractivity contribution in [1.82, 2.24) is 10.2 Å². The van der Waals surface area contributed by atoms with E-state index in [4.69, 9.17) is 9.47 Å². The Balaban J connectivity index is 2.06. The maximum atomic E-state index is 11.9. The molecule has 104 valence electrons. The average molecular weight is 273 g/mol. The van der Waals surface area contributed by atoms with Crippen molar-refractivity contribution in [2.24, 2.45) is 0 Å². The van der Waals surface area contributed by atoms with Crippen molar-refractivity contribution in [2.45, 2.75) is 6.04 Å². The van der Waals surface area contributed by atoms with Gasteiger partial charge in [0.15, 0.2) is 6.04 Å². The van der Waals surface area contributed by atoms with E-state index in [0.29, 0.717) is 19.8 Å². The number of methoxy groups -OCH3 is 1. The molecule has 0 amide bonds. The van der Waals surface area contributed by atoms with E-state index in [2.05, 4.69) is 10.2 Å². The van der Waals surface area contributed by atoms with Gasteiger partial charge in [0.1, 0.15) is 0 Å². The lowest BCUT2D eigenvalue weighted by Gasteiger charge is -2.35. The molecule has 6 heteroatoms. The first-order valence-corrected chi connectivity index (χ1v) is 6.44. The molecule has 0 aliphatic carbocycles. The number of carbonyl (C=O) groups excluding carboxylic acids is 1. The number of morpholine rings is 1. The molecular formula is C14H15N3O3. The van der Waals surface area contributed by atoms with E-state index in [0.717, 1.165) is 16.6 Å². The zero-order valence-corrected chi connectivity index (χ0v) is 11.2. The monoisotopic (exact) mass is 273 g/mol. The third-order valence-corrected chi connectivity index (χ3v) is 3.44. The minimum Gasteiger partial charge on any atom is -0.467 e. The number of ether oxygens (including phenoxy) is 2. The van der Waals surface area contributed by atoms with Gasteiger partial charge in [-0.15, -0.1) is 0 Å². The third-order valence-electron chi connectivity index (χ3n) is 3.44. The zero-order chi connectivity index (χ0) is 13.9. The van der Waals surface area contributed by atoms with Gasteiger partial charge < -0.3 is 14.4 Å². The third kappa shape index (κ3) is 2.18. The number of esters is 1. The van der Waals surface area contributed by atoms with Gasteiger partial charge in [-0.3, -0.25) is 0 Å². The SMILES string of the molecule is COC(=O)C1COCCN1c1cnnc2ccccc12. The largest absolute Gasteiger partial charge is 0.467 e. The first kappa shape index (κ1) is 12.8. The summed E-state index contributed by atoms with van der Waals surface area (Å²) in [5, 5.41) is 9.10. The molecule has 1 unspecified atom stereocenters. The Morgan fingerprint density at radius 3 is 3.15 bits per heavy atom. The summed E-state index contributed by atoms with van der Waals surface area (Å²) in [5.74, 6) is -0.300. The van der Waals surface area contributed by atoms with Crippen LogP contribution in [0.5, 0.6) is 0 Å². The highest BCUT2D eigenvalue weighted by Crippen LogP contribution is 2.27. The van der Waals surface area contributed by atoms with Crippen LogP contribution >= 0.6 is 0 Å². The van der Waals surface area contributed by atoms with Gasteiger partial charge in [-0.05, 0) is 6.07 Å². The second kappa shape index (κ2) is 5.42. The Bertz CT molecular complexity index is 627. The number of rotatable bonds is 2. The van der Waals surface area contributed by atoms with Gasteiger partial charge >= 0.3 is 5.97 Å². The number of hydrogen-bond acceptors (Lipinski definition) is 6. The van der Waals surface area contributed by atoms with Crippen molar-refractivity contribution in [1.29, 1.82) is 0 Å². The molecule has 1 aliphatic heterocycles. The van der Waals surface area contributed by atoms with Crippen molar-refractivity contribution < 1.29 is 14.3 Å². The van der Waals surface area contributed by atoms with Crippen LogP contribution in [0.15, 0.2) is 30.5 Å². The summed E-state index contributed by atoms with van der Waals surface area (Å²) in [7, 11) is 1.39. The smallest absolute Gasteiger partial charge is 0.330 e. The van der Waals surface area contributed by atoms with E-state index >= 15 is 0 Å². The van der Waals surface area contributed by atoms with Crippen LogP contribution in [0.25, 0.3) is 10.9 Å². The van der Waals surface area contributed by atoms with Gasteiger partial charge in [0.2, 0.25) is 0 Å². The lowest BCUT2D eigenvalue weighted by atomic mass is 10.1. The number of anilines is 1. The maximum absolute atomic E-state index is 11.9. The minimum atomic E-state index is -0.443. The minimum absolute atomic E-state index is 0.300. The molecule has 2 heterocycles. The number of fused-ring (bicyclic) bond motifs is 1. The predicted molar refractivity (Wildman–Crippen MR) is 73.5 cm³/mol. The lowest BCUT2D eigenvalue weighted by molar-refractivity contribution is -0.144. The molecule has 1 aromatic carbocycles. The molecule has 0 spiro atoms. The summed E-state index contributed by atoms with van der Waals surface area (Å²) >= 11 is 0. The fraction of sp³-hybridized carbons (Fsp3) is 0.357. The van der Waals surface area contributed by atoms with E-state index in [9.17, 15) is 4.79 Å². The number of carbonyl (C=O) groups is 1. The van der Waals surface area contributed by atoms with E-state index in [-0.39, 0.29) is 5.97 Å². The quantitative estimate of drug-likeness (QED) is 0.761. The molecule has 0 bridgehead atoms. The van der Waals surface area contributed by atoms with E-state index in [1.807, 2.05) is 29.2 Å². The summed E-state index contributed by atoms with van der Waals surface area (Å²) in [6.07, 6.45) is 1.68. The van der Waals surface area contributed by atoms with E-state index in [1.54, 1.807) is 6.20 Å². The number of nitrogens with zero attached hydrogens (tertiary/aromatic N) is 3. The summed E-state index contributed by atoms with van der Waals surface area (Å²) in [6, 6.07) is 7.29.